The fraction of sp³-hybridized carbons (Fsp3) is 0. The molecule has 0 aliphatic heterocycles. The van der Waals surface area contributed by atoms with Crippen molar-refractivity contribution in [3.63, 3.8) is 0 Å². The van der Waals surface area contributed by atoms with Gasteiger partial charge in [-0.1, -0.05) is 18.2 Å². The van der Waals surface area contributed by atoms with Crippen LogP contribution in [0, 0.1) is 0 Å². The van der Waals surface area contributed by atoms with Gasteiger partial charge < -0.3 is 10.3 Å². The van der Waals surface area contributed by atoms with Crippen LogP contribution in [0.25, 0.3) is 16.7 Å². The third kappa shape index (κ3) is 2.46. The van der Waals surface area contributed by atoms with Gasteiger partial charge in [-0.05, 0) is 18.2 Å². The number of imidazole rings is 1. The van der Waals surface area contributed by atoms with Gasteiger partial charge in [0.25, 0.3) is 5.91 Å². The molecule has 4 rings (SSSR count). The Kier molecular flexibility index (Phi) is 3.12. The summed E-state index contributed by atoms with van der Waals surface area (Å²) >= 11 is 0. The number of hydrogen-bond donors (Lipinski definition) is 2. The second-order valence-electron chi connectivity index (χ2n) is 5.08. The molecule has 1 amide bonds. The number of rotatable bonds is 3. The Bertz CT molecular complexity index is 954. The molecule has 6 heteroatoms. The van der Waals surface area contributed by atoms with Gasteiger partial charge in [0, 0.05) is 29.5 Å². The molecule has 6 nitrogen and oxygen atoms in total. The number of aromatic amines is 1. The smallest absolute Gasteiger partial charge is 0.257 e. The molecule has 2 N–H and O–H groups in total. The van der Waals surface area contributed by atoms with Crippen LogP contribution in [0.15, 0.2) is 67.5 Å². The van der Waals surface area contributed by atoms with E-state index in [1.165, 1.54) is 0 Å². The van der Waals surface area contributed by atoms with Crippen LogP contribution in [0.3, 0.4) is 0 Å². The van der Waals surface area contributed by atoms with Crippen molar-refractivity contribution < 1.29 is 4.79 Å². The minimum atomic E-state index is -0.167. The van der Waals surface area contributed by atoms with Gasteiger partial charge in [0.15, 0.2) is 0 Å². The Morgan fingerprint density at radius 3 is 2.87 bits per heavy atom. The molecule has 3 heterocycles. The first-order chi connectivity index (χ1) is 11.3. The maximum atomic E-state index is 12.4. The number of aromatic nitrogens is 4. The molecule has 0 unspecified atom stereocenters. The number of nitrogens with zero attached hydrogens (tertiary/aromatic N) is 3. The number of pyridine rings is 1. The van der Waals surface area contributed by atoms with E-state index in [-0.39, 0.29) is 5.91 Å². The minimum absolute atomic E-state index is 0.167. The fourth-order valence-corrected chi connectivity index (χ4v) is 2.47. The molecule has 0 atom stereocenters. The standard InChI is InChI=1S/C17H13N5O/c23-17(14-10-19-15-4-2-1-3-13(14)15)21-12-5-6-16(20-9-12)22-8-7-18-11-22/h1-11,19H,(H,21,23). The number of anilines is 1. The highest BCUT2D eigenvalue weighted by atomic mass is 16.1. The van der Waals surface area contributed by atoms with Gasteiger partial charge in [0.2, 0.25) is 0 Å². The Balaban J connectivity index is 1.57. The van der Waals surface area contributed by atoms with E-state index in [2.05, 4.69) is 20.3 Å². The normalized spacial score (nSPS) is 10.8. The third-order valence-electron chi connectivity index (χ3n) is 3.61. The molecule has 4 aromatic rings. The van der Waals surface area contributed by atoms with Crippen molar-refractivity contribution in [2.24, 2.45) is 0 Å². The number of para-hydroxylation sites is 1. The second-order valence-corrected chi connectivity index (χ2v) is 5.08. The molecule has 1 aromatic carbocycles. The number of fused-ring (bicyclic) bond motifs is 1. The number of amides is 1. The first-order valence-electron chi connectivity index (χ1n) is 7.13. The maximum Gasteiger partial charge on any atom is 0.257 e. The lowest BCUT2D eigenvalue weighted by Gasteiger charge is -2.06. The average molecular weight is 303 g/mol. The lowest BCUT2D eigenvalue weighted by atomic mass is 10.1. The largest absolute Gasteiger partial charge is 0.360 e. The molecule has 0 aliphatic rings. The van der Waals surface area contributed by atoms with Crippen molar-refractivity contribution in [1.82, 2.24) is 19.5 Å². The number of H-pyrrole nitrogens is 1. The van der Waals surface area contributed by atoms with Crippen LogP contribution in [0.1, 0.15) is 10.4 Å². The first kappa shape index (κ1) is 13.3. The van der Waals surface area contributed by atoms with E-state index in [9.17, 15) is 4.79 Å². The Hall–Kier alpha value is -3.41. The zero-order chi connectivity index (χ0) is 15.6. The second kappa shape index (κ2) is 5.42. The van der Waals surface area contributed by atoms with Crippen LogP contribution in [-0.2, 0) is 0 Å². The van der Waals surface area contributed by atoms with Crippen LogP contribution in [-0.4, -0.2) is 25.4 Å². The van der Waals surface area contributed by atoms with Crippen molar-refractivity contribution >= 4 is 22.5 Å². The number of benzene rings is 1. The highest BCUT2D eigenvalue weighted by molar-refractivity contribution is 6.12. The minimum Gasteiger partial charge on any atom is -0.360 e. The number of carbonyl (C=O) groups excluding carboxylic acids is 1. The average Bonchev–Trinajstić information content (AvgIpc) is 3.25. The lowest BCUT2D eigenvalue weighted by Crippen LogP contribution is -2.11. The Morgan fingerprint density at radius 1 is 1.17 bits per heavy atom. The Labute approximate surface area is 131 Å². The summed E-state index contributed by atoms with van der Waals surface area (Å²) in [5.41, 5.74) is 2.19. The van der Waals surface area contributed by atoms with Crippen LogP contribution in [0.4, 0.5) is 5.69 Å². The van der Waals surface area contributed by atoms with Gasteiger partial charge in [-0.2, -0.15) is 0 Å². The van der Waals surface area contributed by atoms with Crippen molar-refractivity contribution in [2.45, 2.75) is 0 Å². The van der Waals surface area contributed by atoms with Gasteiger partial charge in [0.1, 0.15) is 12.1 Å². The van der Waals surface area contributed by atoms with Crippen LogP contribution in [0.2, 0.25) is 0 Å². The molecule has 0 aliphatic carbocycles. The molecule has 3 aromatic heterocycles. The predicted octanol–water partition coefficient (Wildman–Crippen LogP) is 3.00. The van der Waals surface area contributed by atoms with Crippen molar-refractivity contribution in [2.75, 3.05) is 5.32 Å². The summed E-state index contributed by atoms with van der Waals surface area (Å²) in [4.78, 5) is 23.8. The fourth-order valence-electron chi connectivity index (χ4n) is 2.47. The van der Waals surface area contributed by atoms with Gasteiger partial charge in [-0.25, -0.2) is 9.97 Å². The van der Waals surface area contributed by atoms with Gasteiger partial charge >= 0.3 is 0 Å². The summed E-state index contributed by atoms with van der Waals surface area (Å²) in [7, 11) is 0. The first-order valence-corrected chi connectivity index (χ1v) is 7.13. The molecular weight excluding hydrogens is 290 g/mol. The van der Waals surface area contributed by atoms with E-state index in [1.54, 1.807) is 29.5 Å². The van der Waals surface area contributed by atoms with E-state index in [0.717, 1.165) is 16.7 Å². The van der Waals surface area contributed by atoms with Crippen LogP contribution >= 0.6 is 0 Å². The summed E-state index contributed by atoms with van der Waals surface area (Å²) in [5, 5.41) is 3.76. The van der Waals surface area contributed by atoms with Crippen molar-refractivity contribution in [3.8, 4) is 5.82 Å². The van der Waals surface area contributed by atoms with Crippen LogP contribution in [0.5, 0.6) is 0 Å². The van der Waals surface area contributed by atoms with Gasteiger partial charge in [-0.3, -0.25) is 9.36 Å². The molecule has 0 fully saturated rings. The number of carbonyl (C=O) groups is 1. The van der Waals surface area contributed by atoms with Crippen molar-refractivity contribution in [3.05, 3.63) is 73.1 Å². The van der Waals surface area contributed by atoms with E-state index in [4.69, 9.17) is 0 Å². The van der Waals surface area contributed by atoms with Gasteiger partial charge in [-0.15, -0.1) is 0 Å². The molecule has 23 heavy (non-hydrogen) atoms. The monoisotopic (exact) mass is 303 g/mol. The van der Waals surface area contributed by atoms with Gasteiger partial charge in [0.05, 0.1) is 17.4 Å². The molecule has 0 spiro atoms. The third-order valence-corrected chi connectivity index (χ3v) is 3.61. The quantitative estimate of drug-likeness (QED) is 0.611. The van der Waals surface area contributed by atoms with Crippen molar-refractivity contribution in [1.29, 1.82) is 0 Å². The van der Waals surface area contributed by atoms with E-state index in [1.807, 2.05) is 42.6 Å². The van der Waals surface area contributed by atoms with E-state index >= 15 is 0 Å². The molecular formula is C17H13N5O. The van der Waals surface area contributed by atoms with E-state index < -0.39 is 0 Å². The lowest BCUT2D eigenvalue weighted by molar-refractivity contribution is 0.102. The Morgan fingerprint density at radius 2 is 2.09 bits per heavy atom. The number of nitrogens with one attached hydrogen (secondary N) is 2. The summed E-state index contributed by atoms with van der Waals surface area (Å²) in [6, 6.07) is 11.3. The van der Waals surface area contributed by atoms with E-state index in [0.29, 0.717) is 11.3 Å². The highest BCUT2D eigenvalue weighted by Crippen LogP contribution is 2.19. The summed E-state index contributed by atoms with van der Waals surface area (Å²) < 4.78 is 1.80. The molecule has 0 radical (unpaired) electrons. The zero-order valence-corrected chi connectivity index (χ0v) is 12.1. The SMILES string of the molecule is O=C(Nc1ccc(-n2ccnc2)nc1)c1c[nH]c2ccccc12. The zero-order valence-electron chi connectivity index (χ0n) is 12.1. The molecule has 0 saturated carbocycles. The predicted molar refractivity (Wildman–Crippen MR) is 87.6 cm³/mol. The summed E-state index contributed by atoms with van der Waals surface area (Å²) in [6.07, 6.45) is 8.52. The molecule has 112 valence electrons. The summed E-state index contributed by atoms with van der Waals surface area (Å²) in [6.45, 7) is 0. The van der Waals surface area contributed by atoms with Crippen LogP contribution < -0.4 is 5.32 Å². The highest BCUT2D eigenvalue weighted by Gasteiger charge is 2.12. The maximum absolute atomic E-state index is 12.4. The topological polar surface area (TPSA) is 75.6 Å². The summed E-state index contributed by atoms with van der Waals surface area (Å²) in [5.74, 6) is 0.576. The number of hydrogen-bond acceptors (Lipinski definition) is 3. The molecule has 0 bridgehead atoms. The molecule has 0 saturated heterocycles.